The van der Waals surface area contributed by atoms with Crippen LogP contribution in [0.3, 0.4) is 0 Å². The zero-order valence-corrected chi connectivity index (χ0v) is 46.4. The van der Waals surface area contributed by atoms with Crippen molar-refractivity contribution < 1.29 is 108 Å². The van der Waals surface area contributed by atoms with Gasteiger partial charge >= 0.3 is 29.9 Å². The van der Waals surface area contributed by atoms with Gasteiger partial charge in [-0.1, -0.05) is 80.6 Å². The van der Waals surface area contributed by atoms with E-state index in [0.717, 1.165) is 13.8 Å². The minimum Gasteiger partial charge on any atom is -0.456 e. The minimum atomic E-state index is -2.52. The first kappa shape index (κ1) is 60.3. The third-order valence-corrected chi connectivity index (χ3v) is 18.7. The van der Waals surface area contributed by atoms with E-state index >= 15 is 4.79 Å². The molecular formula is C58H68N4O22. The van der Waals surface area contributed by atoms with Crippen molar-refractivity contribution in [2.45, 2.75) is 156 Å². The van der Waals surface area contributed by atoms with E-state index in [4.69, 9.17) is 38.9 Å². The SMILES string of the molecule is CC(=O)O[C@H]1C(=O)[C@@]2(C)[C@H]([C@H](OC(=O)c3ccccc3)[C@]3(O)C[C@H](OC(=O)[C@H](O)[C@@H](NC(=O)c4ccccc4)c4ccccc4)C(C)=C1C3(C)C)[C@]1(OC(C)=O)CO[C@@H]1C[C@@H]2O.NC1=N[C@H](O)[C@H]2[C@H]3O[C@]4(O)O[C@@H]([C@@H](O)[C@@]2(N1)[C@@H]4O)[C@]3(O)CO. The normalized spacial score (nSPS) is 39.8. The maximum atomic E-state index is 15.5. The highest BCUT2D eigenvalue weighted by molar-refractivity contribution is 5.96. The lowest BCUT2D eigenvalue weighted by molar-refractivity contribution is -0.548. The lowest BCUT2D eigenvalue weighted by Gasteiger charge is -2.71. The average molecular weight is 1170 g/mol. The molecule has 84 heavy (non-hydrogen) atoms. The van der Waals surface area contributed by atoms with Crippen molar-refractivity contribution in [3.63, 3.8) is 0 Å². The number of guanidine groups is 1. The van der Waals surface area contributed by atoms with Crippen molar-refractivity contribution in [3.8, 4) is 0 Å². The van der Waals surface area contributed by atoms with E-state index in [2.05, 4.69) is 15.6 Å². The molecule has 3 aromatic rings. The number of rotatable bonds is 11. The van der Waals surface area contributed by atoms with Gasteiger partial charge in [0.05, 0.1) is 48.2 Å². The molecule has 13 N–H and O–H groups in total. The molecule has 6 bridgehead atoms. The number of nitrogens with two attached hydrogens (primary N) is 1. The monoisotopic (exact) mass is 1170 g/mol. The Labute approximate surface area is 480 Å². The molecule has 0 unspecified atom stereocenters. The van der Waals surface area contributed by atoms with Crippen LogP contribution in [0.15, 0.2) is 107 Å². The molecule has 26 heteroatoms. The number of nitrogens with zero attached hydrogens (tertiary/aromatic N) is 1. The number of esters is 4. The summed E-state index contributed by atoms with van der Waals surface area (Å²) in [5.74, 6) is -10.8. The Morgan fingerprint density at radius 3 is 2.00 bits per heavy atom. The maximum Gasteiger partial charge on any atom is 0.338 e. The molecule has 26 nitrogen and oxygen atoms in total. The number of aliphatic hydroxyl groups excluding tert-OH is 6. The largest absolute Gasteiger partial charge is 0.456 e. The predicted molar refractivity (Wildman–Crippen MR) is 283 cm³/mol. The highest BCUT2D eigenvalue weighted by atomic mass is 16.9. The van der Waals surface area contributed by atoms with Crippen molar-refractivity contribution in [2.24, 2.45) is 33.4 Å². The van der Waals surface area contributed by atoms with Gasteiger partial charge in [0.2, 0.25) is 0 Å². The van der Waals surface area contributed by atoms with Gasteiger partial charge in [-0.05, 0) is 54.8 Å². The van der Waals surface area contributed by atoms with Crippen LogP contribution in [0.25, 0.3) is 0 Å². The lowest BCUT2D eigenvalue weighted by Crippen LogP contribution is -2.95. The number of nitrogens with one attached hydrogen (secondary N) is 2. The summed E-state index contributed by atoms with van der Waals surface area (Å²) in [5, 5.41) is 105. The van der Waals surface area contributed by atoms with E-state index < -0.39 is 173 Å². The van der Waals surface area contributed by atoms with Gasteiger partial charge < -0.3 is 95.5 Å². The van der Waals surface area contributed by atoms with Gasteiger partial charge in [0.25, 0.3) is 5.91 Å². The number of hydrogen-bond donors (Lipinski definition) is 12. The van der Waals surface area contributed by atoms with E-state index in [1.807, 2.05) is 0 Å². The molecule has 5 aliphatic heterocycles. The number of carbonyl (C=O) groups is 6. The number of fused-ring (bicyclic) bond motifs is 5. The van der Waals surface area contributed by atoms with Crippen LogP contribution in [0.5, 0.6) is 0 Å². The van der Waals surface area contributed by atoms with Crippen LogP contribution in [-0.4, -0.2) is 196 Å². The molecule has 3 saturated carbocycles. The smallest absolute Gasteiger partial charge is 0.338 e. The Hall–Kier alpha value is -6.79. The fourth-order valence-electron chi connectivity index (χ4n) is 14.4. The van der Waals surface area contributed by atoms with E-state index in [1.54, 1.807) is 92.7 Å². The van der Waals surface area contributed by atoms with Crippen molar-refractivity contribution in [1.29, 1.82) is 0 Å². The predicted octanol–water partition coefficient (Wildman–Crippen LogP) is -1.78. The molecule has 4 aliphatic carbocycles. The van der Waals surface area contributed by atoms with Crippen LogP contribution >= 0.6 is 0 Å². The Bertz CT molecular complexity index is 3170. The Morgan fingerprint density at radius 2 is 1.43 bits per heavy atom. The van der Waals surface area contributed by atoms with Gasteiger partial charge in [-0.25, -0.2) is 14.6 Å². The van der Waals surface area contributed by atoms with Crippen molar-refractivity contribution in [2.75, 3.05) is 13.2 Å². The van der Waals surface area contributed by atoms with Gasteiger partial charge in [-0.3, -0.25) is 19.2 Å². The minimum absolute atomic E-state index is 0.00289. The summed E-state index contributed by atoms with van der Waals surface area (Å²) in [6.07, 6.45) is -18.3. The Kier molecular flexibility index (Phi) is 15.3. The molecule has 12 rings (SSSR count). The molecule has 452 valence electrons. The summed E-state index contributed by atoms with van der Waals surface area (Å²) < 4.78 is 40.5. The first-order valence-corrected chi connectivity index (χ1v) is 27.2. The van der Waals surface area contributed by atoms with Gasteiger partial charge in [0, 0.05) is 37.7 Å². The Balaban J connectivity index is 0.000000295. The molecule has 5 heterocycles. The Morgan fingerprint density at radius 1 is 0.833 bits per heavy atom. The topological polar surface area (TPSA) is 412 Å². The van der Waals surface area contributed by atoms with Gasteiger partial charge in [-0.2, -0.15) is 0 Å². The highest BCUT2D eigenvalue weighted by Crippen LogP contribution is 2.65. The average Bonchev–Trinajstić information content (AvgIpc) is 0.688. The second-order valence-corrected chi connectivity index (χ2v) is 23.6. The highest BCUT2D eigenvalue weighted by Gasteiger charge is 2.83. The molecule has 3 aromatic carbocycles. The standard InChI is InChI=1S/C47H51NO14.C11H17N3O8/c1-25-31(60-43(56)36(52)35(28-16-10-7-11-17-28)48-41(54)29-18-12-8-13-19-29)23-47(57)40(61-42(55)30-20-14-9-15-21-30)38-45(6,32(51)22-33-46(38,24-58-33)62-27(3)50)39(53)37(59-26(2)49)34(25)44(47,4)5;12-8-13-6(17)2-4-9(19,1-15)5-3(16)10(2,14-8)7(18)11(20,21-4)22-5/h7-21,31-33,35-38,40,51-52,57H,22-24H2,1-6H3,(H,48,54);2-7,15-20H,1H2,(H3,12,13,14)/t31-,32-,33+,35-,36+,37+,38-,40-,45+,46-,47+;2-,3-,4-,5+,6-,7+,9+,10-,11+/m01/s1. The molecule has 7 fully saturated rings. The van der Waals surface area contributed by atoms with E-state index in [0.29, 0.717) is 5.56 Å². The van der Waals surface area contributed by atoms with Gasteiger partial charge in [0.15, 0.2) is 41.9 Å². The molecule has 1 amide bonds. The van der Waals surface area contributed by atoms with Crippen LogP contribution in [0.1, 0.15) is 86.7 Å². The third kappa shape index (κ3) is 9.03. The van der Waals surface area contributed by atoms with Crippen molar-refractivity contribution in [3.05, 3.63) is 119 Å². The molecule has 9 aliphatic rings. The maximum absolute atomic E-state index is 15.5. The fourth-order valence-corrected chi connectivity index (χ4v) is 14.4. The quantitative estimate of drug-likeness (QED) is 0.0573. The van der Waals surface area contributed by atoms with Crippen LogP contribution in [-0.2, 0) is 52.3 Å². The number of ketones is 1. The molecule has 1 spiro atoms. The first-order chi connectivity index (χ1) is 39.5. The lowest BCUT2D eigenvalue weighted by atomic mass is 9.44. The van der Waals surface area contributed by atoms with Crippen LogP contribution in [0, 0.1) is 22.7 Å². The zero-order valence-electron chi connectivity index (χ0n) is 46.4. The second kappa shape index (κ2) is 21.3. The molecule has 0 aromatic heterocycles. The zero-order chi connectivity index (χ0) is 61.0. The van der Waals surface area contributed by atoms with Crippen LogP contribution < -0.4 is 16.4 Å². The van der Waals surface area contributed by atoms with Crippen LogP contribution in [0.2, 0.25) is 0 Å². The van der Waals surface area contributed by atoms with E-state index in [9.17, 15) is 69.9 Å². The molecule has 0 radical (unpaired) electrons. The third-order valence-electron chi connectivity index (χ3n) is 18.7. The molecule has 4 saturated heterocycles. The number of hydrogen-bond acceptors (Lipinski definition) is 25. The summed E-state index contributed by atoms with van der Waals surface area (Å²) in [7, 11) is 0. The van der Waals surface area contributed by atoms with Gasteiger partial charge in [-0.15, -0.1) is 0 Å². The molecule has 20 atom stereocenters. The number of aliphatic imine (C=N–C) groups is 1. The fraction of sp³-hybridized carbons (Fsp3) is 0.534. The number of carbonyl (C=O) groups excluding carboxylic acids is 6. The van der Waals surface area contributed by atoms with E-state index in [1.165, 1.54) is 26.0 Å². The molecular weight excluding hydrogens is 1100 g/mol. The van der Waals surface area contributed by atoms with Gasteiger partial charge in [0.1, 0.15) is 53.4 Å². The van der Waals surface area contributed by atoms with Crippen molar-refractivity contribution >= 4 is 41.5 Å². The number of Topliss-reactive ketones (excluding diaryl/α,β-unsaturated/α-hetero) is 1. The van der Waals surface area contributed by atoms with Crippen molar-refractivity contribution in [1.82, 2.24) is 10.6 Å². The summed E-state index contributed by atoms with van der Waals surface area (Å²) >= 11 is 0. The summed E-state index contributed by atoms with van der Waals surface area (Å²) in [4.78, 5) is 87.2. The number of aliphatic hydroxyl groups is 9. The second-order valence-electron chi connectivity index (χ2n) is 23.6. The summed E-state index contributed by atoms with van der Waals surface area (Å²) in [6.45, 7) is 7.12. The number of amides is 1. The van der Waals surface area contributed by atoms with Crippen LogP contribution in [0.4, 0.5) is 0 Å². The first-order valence-electron chi connectivity index (χ1n) is 27.2. The number of benzene rings is 3. The summed E-state index contributed by atoms with van der Waals surface area (Å²) in [6, 6.07) is 22.9. The summed E-state index contributed by atoms with van der Waals surface area (Å²) in [5.41, 5.74) is -5.28. The van der Waals surface area contributed by atoms with E-state index in [-0.39, 0.29) is 41.3 Å². The number of ether oxygens (including phenoxy) is 7.